The van der Waals surface area contributed by atoms with Crippen LogP contribution in [-0.4, -0.2) is 26.5 Å². The van der Waals surface area contributed by atoms with Crippen molar-refractivity contribution in [3.8, 4) is 0 Å². The van der Waals surface area contributed by atoms with Crippen molar-refractivity contribution in [3.05, 3.63) is 11.6 Å². The molecule has 0 saturated heterocycles. The van der Waals surface area contributed by atoms with Gasteiger partial charge in [0, 0.05) is 36.7 Å². The first-order valence-electron chi connectivity index (χ1n) is 11.8. The van der Waals surface area contributed by atoms with Crippen LogP contribution in [0.15, 0.2) is 11.6 Å². The van der Waals surface area contributed by atoms with Crippen LogP contribution in [0.5, 0.6) is 0 Å². The summed E-state index contributed by atoms with van der Waals surface area (Å²) in [7, 11) is -1.86. The molecule has 4 aliphatic carbocycles. The van der Waals surface area contributed by atoms with Crippen LogP contribution >= 0.6 is 0 Å². The van der Waals surface area contributed by atoms with Crippen LogP contribution in [0.3, 0.4) is 0 Å². The predicted octanol–water partition coefficient (Wildman–Crippen LogP) is 6.09. The summed E-state index contributed by atoms with van der Waals surface area (Å²) in [5.74, 6) is 2.58. The summed E-state index contributed by atoms with van der Waals surface area (Å²) < 4.78 is 6.86. The first-order valence-corrected chi connectivity index (χ1v) is 14.7. The van der Waals surface area contributed by atoms with Crippen LogP contribution in [0.1, 0.15) is 79.1 Å². The smallest absolute Gasteiger partial charge is 0.192 e. The van der Waals surface area contributed by atoms with E-state index in [0.717, 1.165) is 45.1 Å². The van der Waals surface area contributed by atoms with Crippen molar-refractivity contribution in [2.24, 2.45) is 28.6 Å². The number of rotatable bonds is 3. The Morgan fingerprint density at radius 1 is 1.10 bits per heavy atom. The summed E-state index contributed by atoms with van der Waals surface area (Å²) in [5.41, 5.74) is 1.30. The minimum absolute atomic E-state index is 0.0271. The molecule has 0 amide bonds. The van der Waals surface area contributed by atoms with Crippen LogP contribution in [0.2, 0.25) is 18.1 Å². The highest BCUT2D eigenvalue weighted by Gasteiger charge is 2.60. The molecule has 162 valence electrons. The maximum absolute atomic E-state index is 12.7. The third kappa shape index (κ3) is 3.24. The molecule has 4 rings (SSSR count). The summed E-state index contributed by atoms with van der Waals surface area (Å²) in [6.45, 7) is 14.6. The highest BCUT2D eigenvalue weighted by molar-refractivity contribution is 6.74. The van der Waals surface area contributed by atoms with Gasteiger partial charge in [0.2, 0.25) is 0 Å². The second-order valence-corrected chi connectivity index (χ2v) is 17.0. The molecule has 0 spiro atoms. The Morgan fingerprint density at radius 2 is 1.83 bits per heavy atom. The third-order valence-corrected chi connectivity index (χ3v) is 14.3. The molecule has 0 bridgehead atoms. The Morgan fingerprint density at radius 3 is 2.52 bits per heavy atom. The Labute approximate surface area is 178 Å². The van der Waals surface area contributed by atoms with Gasteiger partial charge in [-0.15, -0.1) is 0 Å². The Kier molecular flexibility index (Phi) is 5.10. The fourth-order valence-electron chi connectivity index (χ4n) is 6.85. The van der Waals surface area contributed by atoms with Crippen molar-refractivity contribution >= 4 is 19.9 Å². The number of hydrogen-bond donors (Lipinski definition) is 0. The van der Waals surface area contributed by atoms with Gasteiger partial charge in [-0.1, -0.05) is 39.3 Å². The average Bonchev–Trinajstić information content (AvgIpc) is 2.94. The summed E-state index contributed by atoms with van der Waals surface area (Å²) in [5, 5.41) is 0.190. The molecule has 0 aromatic rings. The molecule has 0 N–H and O–H groups in total. The molecule has 0 radical (unpaired) electrons. The van der Waals surface area contributed by atoms with Crippen LogP contribution in [0.4, 0.5) is 0 Å². The lowest BCUT2D eigenvalue weighted by Crippen LogP contribution is -2.54. The lowest BCUT2D eigenvalue weighted by molar-refractivity contribution is -0.133. The van der Waals surface area contributed by atoms with E-state index >= 15 is 0 Å². The normalized spacial score (nSPS) is 40.2. The molecule has 29 heavy (non-hydrogen) atoms. The molecule has 3 fully saturated rings. The minimum atomic E-state index is -1.86. The van der Waals surface area contributed by atoms with Gasteiger partial charge in [0.25, 0.3) is 0 Å². The molecule has 0 heterocycles. The molecule has 0 aliphatic heterocycles. The minimum Gasteiger partial charge on any atom is -0.416 e. The number of allylic oxidation sites excluding steroid dienone is 1. The van der Waals surface area contributed by atoms with Gasteiger partial charge >= 0.3 is 0 Å². The Balaban J connectivity index is 1.68. The second kappa shape index (κ2) is 6.88. The topological polar surface area (TPSA) is 43.4 Å². The summed E-state index contributed by atoms with van der Waals surface area (Å²) in [6.07, 6.45) is 9.73. The maximum atomic E-state index is 12.7. The molecule has 3 nitrogen and oxygen atoms in total. The molecular formula is C25H40O3Si. The van der Waals surface area contributed by atoms with E-state index in [9.17, 15) is 9.59 Å². The van der Waals surface area contributed by atoms with Gasteiger partial charge in [-0.25, -0.2) is 0 Å². The van der Waals surface area contributed by atoms with E-state index in [1.165, 1.54) is 5.57 Å². The van der Waals surface area contributed by atoms with Gasteiger partial charge < -0.3 is 4.43 Å². The molecule has 0 aromatic heterocycles. The highest BCUT2D eigenvalue weighted by Crippen LogP contribution is 2.64. The SMILES string of the molecule is CC(C)(C)[Si](C)(C)OC[C@]12CCC(=O)CC1=CC[C@@H]1[C@H]2CC[C@]2(C)C(=O)CC[C@@H]12. The molecule has 4 heteroatoms. The lowest BCUT2D eigenvalue weighted by atomic mass is 9.48. The number of hydrogen-bond acceptors (Lipinski definition) is 3. The van der Waals surface area contributed by atoms with E-state index in [1.54, 1.807) is 0 Å². The molecule has 0 aromatic carbocycles. The fraction of sp³-hybridized carbons (Fsp3) is 0.840. The number of carbonyl (C=O) groups is 2. The predicted molar refractivity (Wildman–Crippen MR) is 119 cm³/mol. The molecule has 5 atom stereocenters. The van der Waals surface area contributed by atoms with Crippen molar-refractivity contribution in [3.63, 3.8) is 0 Å². The van der Waals surface area contributed by atoms with Gasteiger partial charge in [0.1, 0.15) is 11.6 Å². The standard InChI is InChI=1S/C25H40O3Si/c1-23(2,3)29(5,6)28-16-25-14-11-18(26)15-17(25)7-8-19-20-9-10-22(27)24(20,4)13-12-21(19)25/h7,19-21H,8-16H2,1-6H3/t19-,20-,21+,24-,25+/m0/s1. The summed E-state index contributed by atoms with van der Waals surface area (Å²) >= 11 is 0. The Hall–Kier alpha value is -0.743. The van der Waals surface area contributed by atoms with E-state index < -0.39 is 8.32 Å². The van der Waals surface area contributed by atoms with Gasteiger partial charge in [-0.3, -0.25) is 9.59 Å². The first-order chi connectivity index (χ1) is 13.4. The summed E-state index contributed by atoms with van der Waals surface area (Å²) in [6, 6.07) is 0. The first kappa shape index (κ1) is 21.5. The van der Waals surface area contributed by atoms with Crippen molar-refractivity contribution in [1.82, 2.24) is 0 Å². The third-order valence-electron chi connectivity index (χ3n) is 9.87. The lowest BCUT2D eigenvalue weighted by Gasteiger charge is -2.57. The number of ketones is 2. The number of Topliss-reactive ketones (excluding diaryl/α,β-unsaturated/α-hetero) is 2. The molecule has 3 saturated carbocycles. The van der Waals surface area contributed by atoms with Crippen LogP contribution in [0, 0.1) is 28.6 Å². The highest BCUT2D eigenvalue weighted by atomic mass is 28.4. The molecular weight excluding hydrogens is 376 g/mol. The van der Waals surface area contributed by atoms with Crippen molar-refractivity contribution < 1.29 is 14.0 Å². The van der Waals surface area contributed by atoms with Crippen molar-refractivity contribution in [2.45, 2.75) is 97.2 Å². The quantitative estimate of drug-likeness (QED) is 0.413. The van der Waals surface area contributed by atoms with Crippen LogP contribution < -0.4 is 0 Å². The van der Waals surface area contributed by atoms with E-state index in [4.69, 9.17) is 4.43 Å². The van der Waals surface area contributed by atoms with Gasteiger partial charge in [0.05, 0.1) is 0 Å². The summed E-state index contributed by atoms with van der Waals surface area (Å²) in [4.78, 5) is 25.0. The Bertz CT molecular complexity index is 746. The van der Waals surface area contributed by atoms with E-state index in [-0.39, 0.29) is 15.9 Å². The largest absolute Gasteiger partial charge is 0.416 e. The zero-order valence-corrected chi connectivity index (χ0v) is 20.4. The van der Waals surface area contributed by atoms with Crippen LogP contribution in [0.25, 0.3) is 0 Å². The van der Waals surface area contributed by atoms with E-state index in [0.29, 0.717) is 42.2 Å². The van der Waals surface area contributed by atoms with Crippen molar-refractivity contribution in [1.29, 1.82) is 0 Å². The monoisotopic (exact) mass is 416 g/mol. The molecule has 0 unspecified atom stereocenters. The number of carbonyl (C=O) groups excluding carboxylic acids is 2. The zero-order valence-electron chi connectivity index (χ0n) is 19.4. The van der Waals surface area contributed by atoms with E-state index in [2.05, 4.69) is 46.9 Å². The fourth-order valence-corrected chi connectivity index (χ4v) is 7.90. The maximum Gasteiger partial charge on any atom is 0.192 e. The molecule has 4 aliphatic rings. The van der Waals surface area contributed by atoms with Crippen molar-refractivity contribution in [2.75, 3.05) is 6.61 Å². The van der Waals surface area contributed by atoms with Gasteiger partial charge in [0.15, 0.2) is 8.32 Å². The second-order valence-electron chi connectivity index (χ2n) is 12.2. The van der Waals surface area contributed by atoms with Crippen LogP contribution in [-0.2, 0) is 14.0 Å². The van der Waals surface area contributed by atoms with Gasteiger partial charge in [-0.2, -0.15) is 0 Å². The van der Waals surface area contributed by atoms with Gasteiger partial charge in [-0.05, 0) is 68.0 Å². The van der Waals surface area contributed by atoms with E-state index in [1.807, 2.05) is 0 Å². The zero-order chi connectivity index (χ0) is 21.2. The number of fused-ring (bicyclic) bond motifs is 5. The average molecular weight is 417 g/mol.